The van der Waals surface area contributed by atoms with Crippen LogP contribution in [0.1, 0.15) is 69.4 Å². The summed E-state index contributed by atoms with van der Waals surface area (Å²) in [5, 5.41) is 9.18. The van der Waals surface area contributed by atoms with Gasteiger partial charge in [-0.1, -0.05) is 113 Å². The van der Waals surface area contributed by atoms with Crippen molar-refractivity contribution in [1.82, 2.24) is 15.0 Å². The number of benzene rings is 3. The maximum atomic E-state index is 5.97. The largest absolute Gasteiger partial charge is 0.377 e. The van der Waals surface area contributed by atoms with Gasteiger partial charge in [-0.05, 0) is 51.5 Å². The zero-order chi connectivity index (χ0) is 30.5. The average molecular weight is 582 g/mol. The molecule has 0 unspecified atom stereocenters. The van der Waals surface area contributed by atoms with Gasteiger partial charge in [0.05, 0.1) is 51.9 Å². The standard InChI is InChI=1S/C37H47N3O3/c1-36(2,3)30-23-27(24-31(25-30)37(4,5)6)26-43-22-21-42-20-19-41-18-17-40-35-33-14-10-8-12-29(33)16-15-28-11-7-9-13-32(28)34(35)38-39-40/h7-14,23-25H,15-22,26H2,1-6H3. The van der Waals surface area contributed by atoms with Crippen molar-refractivity contribution in [1.29, 1.82) is 0 Å². The van der Waals surface area contributed by atoms with Gasteiger partial charge in [0.25, 0.3) is 0 Å². The van der Waals surface area contributed by atoms with Gasteiger partial charge < -0.3 is 14.2 Å². The lowest BCUT2D eigenvalue weighted by Crippen LogP contribution is -2.17. The smallest absolute Gasteiger partial charge is 0.121 e. The summed E-state index contributed by atoms with van der Waals surface area (Å²) in [7, 11) is 0. The van der Waals surface area contributed by atoms with Gasteiger partial charge in [0.15, 0.2) is 0 Å². The summed E-state index contributed by atoms with van der Waals surface area (Å²) in [5.41, 5.74) is 11.2. The zero-order valence-corrected chi connectivity index (χ0v) is 26.8. The first-order valence-electron chi connectivity index (χ1n) is 15.6. The van der Waals surface area contributed by atoms with Crippen molar-refractivity contribution in [3.63, 3.8) is 0 Å². The first-order valence-corrected chi connectivity index (χ1v) is 15.6. The highest BCUT2D eigenvalue weighted by atomic mass is 16.5. The molecule has 0 saturated heterocycles. The molecule has 1 heterocycles. The molecule has 1 aliphatic carbocycles. The predicted octanol–water partition coefficient (Wildman–Crippen LogP) is 7.56. The molecule has 43 heavy (non-hydrogen) atoms. The van der Waals surface area contributed by atoms with E-state index in [-0.39, 0.29) is 10.8 Å². The van der Waals surface area contributed by atoms with E-state index in [1.165, 1.54) is 38.9 Å². The maximum Gasteiger partial charge on any atom is 0.121 e. The summed E-state index contributed by atoms with van der Waals surface area (Å²) >= 11 is 0. The highest BCUT2D eigenvalue weighted by Crippen LogP contribution is 2.37. The highest BCUT2D eigenvalue weighted by molar-refractivity contribution is 5.82. The Labute approximate surface area is 257 Å². The van der Waals surface area contributed by atoms with Crippen molar-refractivity contribution in [3.8, 4) is 22.5 Å². The van der Waals surface area contributed by atoms with Crippen molar-refractivity contribution >= 4 is 0 Å². The second-order valence-electron chi connectivity index (χ2n) is 13.5. The highest BCUT2D eigenvalue weighted by Gasteiger charge is 2.23. The van der Waals surface area contributed by atoms with E-state index < -0.39 is 0 Å². The van der Waals surface area contributed by atoms with Crippen LogP contribution in [0, 0.1) is 0 Å². The Morgan fingerprint density at radius 2 is 1.19 bits per heavy atom. The van der Waals surface area contributed by atoms with Gasteiger partial charge in [-0.2, -0.15) is 0 Å². The van der Waals surface area contributed by atoms with E-state index in [1.54, 1.807) is 0 Å². The fourth-order valence-corrected chi connectivity index (χ4v) is 5.55. The quantitative estimate of drug-likeness (QED) is 0.171. The molecule has 0 fully saturated rings. The van der Waals surface area contributed by atoms with Gasteiger partial charge in [0, 0.05) is 11.1 Å². The molecule has 228 valence electrons. The van der Waals surface area contributed by atoms with Crippen molar-refractivity contribution in [2.24, 2.45) is 0 Å². The third-order valence-corrected chi connectivity index (χ3v) is 8.13. The molecule has 1 aliphatic rings. The third-order valence-electron chi connectivity index (χ3n) is 8.13. The number of rotatable bonds is 11. The predicted molar refractivity (Wildman–Crippen MR) is 173 cm³/mol. The molecule has 0 amide bonds. The summed E-state index contributed by atoms with van der Waals surface area (Å²) in [6, 6.07) is 24.0. The van der Waals surface area contributed by atoms with Crippen LogP contribution in [0.4, 0.5) is 0 Å². The van der Waals surface area contributed by atoms with Crippen LogP contribution in [0.5, 0.6) is 0 Å². The molecule has 0 radical (unpaired) electrons. The van der Waals surface area contributed by atoms with E-state index in [9.17, 15) is 0 Å². The van der Waals surface area contributed by atoms with Gasteiger partial charge in [0.1, 0.15) is 5.69 Å². The SMILES string of the molecule is CC(C)(C)c1cc(COCCOCCOCCn2nnc3c2-c2ccccc2CCc2ccccc2-3)cc(C(C)(C)C)c1. The van der Waals surface area contributed by atoms with E-state index >= 15 is 0 Å². The van der Waals surface area contributed by atoms with Gasteiger partial charge in [0.2, 0.25) is 0 Å². The Morgan fingerprint density at radius 1 is 0.651 bits per heavy atom. The van der Waals surface area contributed by atoms with E-state index in [0.717, 1.165) is 24.2 Å². The van der Waals surface area contributed by atoms with Gasteiger partial charge in [-0.15, -0.1) is 5.10 Å². The molecule has 6 nitrogen and oxygen atoms in total. The number of hydrogen-bond acceptors (Lipinski definition) is 5. The van der Waals surface area contributed by atoms with Crippen LogP contribution in [0.15, 0.2) is 66.7 Å². The second kappa shape index (κ2) is 13.5. The summed E-state index contributed by atoms with van der Waals surface area (Å²) in [5.74, 6) is 0. The Morgan fingerprint density at radius 3 is 1.81 bits per heavy atom. The minimum Gasteiger partial charge on any atom is -0.377 e. The molecular weight excluding hydrogens is 534 g/mol. The van der Waals surface area contributed by atoms with Crippen molar-refractivity contribution < 1.29 is 14.2 Å². The van der Waals surface area contributed by atoms with Crippen LogP contribution in [0.2, 0.25) is 0 Å². The molecule has 4 aromatic rings. The van der Waals surface area contributed by atoms with Crippen LogP contribution >= 0.6 is 0 Å². The lowest BCUT2D eigenvalue weighted by Gasteiger charge is -2.26. The Hall–Kier alpha value is -3.32. The number of ether oxygens (including phenoxy) is 3. The Balaban J connectivity index is 1.07. The Bertz CT molecular complexity index is 1480. The van der Waals surface area contributed by atoms with Crippen LogP contribution in [0.25, 0.3) is 22.5 Å². The zero-order valence-electron chi connectivity index (χ0n) is 26.8. The van der Waals surface area contributed by atoms with E-state index in [4.69, 9.17) is 14.2 Å². The van der Waals surface area contributed by atoms with Crippen molar-refractivity contribution in [2.75, 3.05) is 33.0 Å². The summed E-state index contributed by atoms with van der Waals surface area (Å²) < 4.78 is 19.7. The van der Waals surface area contributed by atoms with Crippen LogP contribution in [0.3, 0.4) is 0 Å². The second-order valence-corrected chi connectivity index (χ2v) is 13.5. The number of nitrogens with zero attached hydrogens (tertiary/aromatic N) is 3. The minimum atomic E-state index is 0.0982. The molecule has 0 N–H and O–H groups in total. The first-order chi connectivity index (χ1) is 20.6. The van der Waals surface area contributed by atoms with Crippen LogP contribution < -0.4 is 0 Å². The molecule has 3 aromatic carbocycles. The molecule has 0 aliphatic heterocycles. The average Bonchev–Trinajstić information content (AvgIpc) is 3.38. The topological polar surface area (TPSA) is 58.4 Å². The molecule has 0 saturated carbocycles. The molecule has 1 aromatic heterocycles. The monoisotopic (exact) mass is 581 g/mol. The lowest BCUT2D eigenvalue weighted by atomic mass is 9.79. The number of hydrogen-bond donors (Lipinski definition) is 0. The van der Waals surface area contributed by atoms with Crippen LogP contribution in [-0.2, 0) is 51.0 Å². The summed E-state index contributed by atoms with van der Waals surface area (Å²) in [6.07, 6.45) is 1.99. The minimum absolute atomic E-state index is 0.0982. The fourth-order valence-electron chi connectivity index (χ4n) is 5.55. The van der Waals surface area contributed by atoms with E-state index in [0.29, 0.717) is 46.2 Å². The summed E-state index contributed by atoms with van der Waals surface area (Å²) in [4.78, 5) is 0. The normalized spacial score (nSPS) is 13.2. The molecule has 6 heteroatoms. The van der Waals surface area contributed by atoms with Gasteiger partial charge in [-0.3, -0.25) is 0 Å². The third kappa shape index (κ3) is 7.80. The van der Waals surface area contributed by atoms with Gasteiger partial charge >= 0.3 is 0 Å². The lowest BCUT2D eigenvalue weighted by molar-refractivity contribution is 0.00901. The first kappa shape index (κ1) is 31.1. The molecule has 5 rings (SSSR count). The van der Waals surface area contributed by atoms with E-state index in [2.05, 4.69) is 119 Å². The number of aryl methyl sites for hydroxylation is 2. The number of aromatic nitrogens is 3. The van der Waals surface area contributed by atoms with Crippen molar-refractivity contribution in [2.45, 2.75) is 78.4 Å². The van der Waals surface area contributed by atoms with Gasteiger partial charge in [-0.25, -0.2) is 4.68 Å². The number of fused-ring (bicyclic) bond motifs is 5. The molecule has 0 bridgehead atoms. The summed E-state index contributed by atoms with van der Waals surface area (Å²) in [6.45, 7) is 17.5. The maximum absolute atomic E-state index is 5.97. The van der Waals surface area contributed by atoms with Crippen LogP contribution in [-0.4, -0.2) is 48.0 Å². The Kier molecular flexibility index (Phi) is 9.80. The molecular formula is C37H47N3O3. The molecule has 0 spiro atoms. The molecule has 0 atom stereocenters. The van der Waals surface area contributed by atoms with Crippen molar-refractivity contribution in [3.05, 3.63) is 94.5 Å². The van der Waals surface area contributed by atoms with E-state index in [1.807, 2.05) is 4.68 Å². The fraction of sp³-hybridized carbons (Fsp3) is 0.459.